The maximum Gasteiger partial charge on any atom is 0.282 e. The van der Waals surface area contributed by atoms with Crippen molar-refractivity contribution in [1.29, 1.82) is 0 Å². The Hall–Kier alpha value is -3.22. The molecular weight excluding hydrogens is 280 g/mol. The Morgan fingerprint density at radius 3 is 2.73 bits per heavy atom. The lowest BCUT2D eigenvalue weighted by Crippen LogP contribution is -2.34. The van der Waals surface area contributed by atoms with Crippen molar-refractivity contribution < 1.29 is 0 Å². The summed E-state index contributed by atoms with van der Waals surface area (Å²) in [6, 6.07) is 11.0. The predicted octanol–water partition coefficient (Wildman–Crippen LogP) is 1.08. The van der Waals surface area contributed by atoms with Gasteiger partial charge in [0.2, 0.25) is 5.95 Å². The van der Waals surface area contributed by atoms with Gasteiger partial charge in [0.15, 0.2) is 12.1 Å². The van der Waals surface area contributed by atoms with Gasteiger partial charge in [-0.1, -0.05) is 12.1 Å². The lowest BCUT2D eigenvalue weighted by atomic mass is 10.1. The largest absolute Gasteiger partial charge is 0.370 e. The molecule has 0 spiro atoms. The van der Waals surface area contributed by atoms with Gasteiger partial charge in [-0.05, 0) is 24.3 Å². The zero-order valence-electron chi connectivity index (χ0n) is 11.5. The minimum atomic E-state index is -0.391. The summed E-state index contributed by atoms with van der Waals surface area (Å²) in [5.74, 6) is 0.613. The number of hydrogen-bond acceptors (Lipinski definition) is 6. The molecule has 2 aromatic heterocycles. The van der Waals surface area contributed by atoms with Crippen LogP contribution in [0.25, 0.3) is 10.9 Å². The summed E-state index contributed by atoms with van der Waals surface area (Å²) in [6.45, 7) is 0. The number of nitrogens with two attached hydrogens (primary N) is 1. The highest BCUT2D eigenvalue weighted by atomic mass is 16.1. The fraction of sp³-hybridized carbons (Fsp3) is 0.0667. The van der Waals surface area contributed by atoms with Crippen LogP contribution in [0.1, 0.15) is 11.7 Å². The first-order chi connectivity index (χ1) is 10.7. The average Bonchev–Trinajstić information content (AvgIpc) is 2.55. The molecule has 4 rings (SSSR count). The maximum absolute atomic E-state index is 12.1. The van der Waals surface area contributed by atoms with Crippen LogP contribution in [0.3, 0.4) is 0 Å². The fourth-order valence-electron chi connectivity index (χ4n) is 2.62. The summed E-state index contributed by atoms with van der Waals surface area (Å²) in [5, 5.41) is 3.40. The summed E-state index contributed by atoms with van der Waals surface area (Å²) >= 11 is 0. The minimum absolute atomic E-state index is 0.226. The monoisotopic (exact) mass is 292 g/mol. The number of pyridine rings is 1. The third-order valence-corrected chi connectivity index (χ3v) is 3.58. The van der Waals surface area contributed by atoms with Crippen LogP contribution in [-0.2, 0) is 0 Å². The molecule has 1 aromatic carbocycles. The summed E-state index contributed by atoms with van der Waals surface area (Å²) in [7, 11) is 0. The van der Waals surface area contributed by atoms with E-state index in [9.17, 15) is 4.79 Å². The third-order valence-electron chi connectivity index (χ3n) is 3.58. The molecule has 0 unspecified atom stereocenters. The van der Waals surface area contributed by atoms with Gasteiger partial charge in [0.1, 0.15) is 0 Å². The molecule has 22 heavy (non-hydrogen) atoms. The Kier molecular flexibility index (Phi) is 2.65. The van der Waals surface area contributed by atoms with E-state index < -0.39 is 6.17 Å². The van der Waals surface area contributed by atoms with Crippen LogP contribution < -0.4 is 16.6 Å². The quantitative estimate of drug-likeness (QED) is 0.699. The van der Waals surface area contributed by atoms with Crippen molar-refractivity contribution in [3.8, 4) is 0 Å². The van der Waals surface area contributed by atoms with E-state index in [1.165, 1.54) is 0 Å². The molecule has 1 aliphatic heterocycles. The highest BCUT2D eigenvalue weighted by Gasteiger charge is 2.24. The number of para-hydroxylation sites is 1. The number of rotatable bonds is 1. The second-order valence-electron chi connectivity index (χ2n) is 4.92. The summed E-state index contributed by atoms with van der Waals surface area (Å²) in [6.07, 6.45) is 3.00. The lowest BCUT2D eigenvalue weighted by Gasteiger charge is -2.27. The van der Waals surface area contributed by atoms with Crippen LogP contribution in [-0.4, -0.2) is 20.5 Å². The fourth-order valence-corrected chi connectivity index (χ4v) is 2.62. The lowest BCUT2D eigenvalue weighted by molar-refractivity contribution is 0.615. The van der Waals surface area contributed by atoms with Gasteiger partial charge in [-0.25, -0.2) is 4.99 Å². The van der Waals surface area contributed by atoms with Crippen molar-refractivity contribution >= 4 is 22.8 Å². The van der Waals surface area contributed by atoms with E-state index >= 15 is 0 Å². The van der Waals surface area contributed by atoms with Crippen molar-refractivity contribution in [2.45, 2.75) is 6.17 Å². The SMILES string of the molecule is NC1=N[C@@H](c2ccncc2)n2c(nc(=O)c3ccccc32)N1. The van der Waals surface area contributed by atoms with Gasteiger partial charge in [0.05, 0.1) is 10.9 Å². The molecular formula is C15H12N6O. The van der Waals surface area contributed by atoms with Gasteiger partial charge in [-0.15, -0.1) is 0 Å². The normalized spacial score (nSPS) is 16.7. The van der Waals surface area contributed by atoms with Gasteiger partial charge in [-0.2, -0.15) is 4.98 Å². The van der Waals surface area contributed by atoms with Crippen LogP contribution in [0.15, 0.2) is 58.6 Å². The van der Waals surface area contributed by atoms with Crippen LogP contribution in [0.5, 0.6) is 0 Å². The predicted molar refractivity (Wildman–Crippen MR) is 83.6 cm³/mol. The first kappa shape index (κ1) is 12.5. The number of hydrogen-bond donors (Lipinski definition) is 2. The molecule has 0 fully saturated rings. The molecule has 1 atom stereocenters. The van der Waals surface area contributed by atoms with Gasteiger partial charge < -0.3 is 5.73 Å². The number of anilines is 1. The zero-order valence-corrected chi connectivity index (χ0v) is 11.5. The number of aliphatic imine (C=N–C) groups is 1. The van der Waals surface area contributed by atoms with Crippen LogP contribution in [0.4, 0.5) is 5.95 Å². The first-order valence-electron chi connectivity index (χ1n) is 6.75. The molecule has 0 radical (unpaired) electrons. The Morgan fingerprint density at radius 2 is 1.91 bits per heavy atom. The molecule has 7 heteroatoms. The molecule has 1 aliphatic rings. The third kappa shape index (κ3) is 1.83. The van der Waals surface area contributed by atoms with Crippen molar-refractivity contribution in [3.05, 3.63) is 64.7 Å². The van der Waals surface area contributed by atoms with Crippen LogP contribution >= 0.6 is 0 Å². The Balaban J connectivity index is 2.06. The second kappa shape index (κ2) is 4.66. The van der Waals surface area contributed by atoms with E-state index in [-0.39, 0.29) is 11.5 Å². The van der Waals surface area contributed by atoms with Gasteiger partial charge >= 0.3 is 0 Å². The molecule has 3 aromatic rings. The summed E-state index contributed by atoms with van der Waals surface area (Å²) in [5.41, 5.74) is 7.21. The van der Waals surface area contributed by atoms with E-state index in [0.29, 0.717) is 11.3 Å². The first-order valence-corrected chi connectivity index (χ1v) is 6.75. The van der Waals surface area contributed by atoms with E-state index in [4.69, 9.17) is 5.73 Å². The topological polar surface area (TPSA) is 98.2 Å². The van der Waals surface area contributed by atoms with Crippen molar-refractivity contribution in [3.63, 3.8) is 0 Å². The van der Waals surface area contributed by atoms with E-state index in [2.05, 4.69) is 20.3 Å². The molecule has 0 bridgehead atoms. The van der Waals surface area contributed by atoms with Gasteiger partial charge in [0.25, 0.3) is 5.56 Å². The number of nitrogens with zero attached hydrogens (tertiary/aromatic N) is 4. The van der Waals surface area contributed by atoms with Crippen LogP contribution in [0.2, 0.25) is 0 Å². The van der Waals surface area contributed by atoms with E-state index in [0.717, 1.165) is 11.1 Å². The zero-order chi connectivity index (χ0) is 15.1. The highest BCUT2D eigenvalue weighted by Crippen LogP contribution is 2.29. The molecule has 0 saturated heterocycles. The second-order valence-corrected chi connectivity index (χ2v) is 4.92. The molecule has 108 valence electrons. The number of fused-ring (bicyclic) bond motifs is 3. The van der Waals surface area contributed by atoms with Crippen molar-refractivity contribution in [2.75, 3.05) is 5.32 Å². The van der Waals surface area contributed by atoms with Crippen molar-refractivity contribution in [2.24, 2.45) is 10.7 Å². The average molecular weight is 292 g/mol. The molecule has 0 saturated carbocycles. The smallest absolute Gasteiger partial charge is 0.282 e. The Bertz CT molecular complexity index is 947. The van der Waals surface area contributed by atoms with Gasteiger partial charge in [0, 0.05) is 18.0 Å². The van der Waals surface area contributed by atoms with Crippen molar-refractivity contribution in [1.82, 2.24) is 14.5 Å². The summed E-state index contributed by atoms with van der Waals surface area (Å²) < 4.78 is 1.86. The van der Waals surface area contributed by atoms with Crippen LogP contribution in [0, 0.1) is 0 Å². The maximum atomic E-state index is 12.1. The highest BCUT2D eigenvalue weighted by molar-refractivity contribution is 5.93. The number of guanidine groups is 1. The number of aromatic nitrogens is 3. The van der Waals surface area contributed by atoms with E-state index in [1.54, 1.807) is 18.5 Å². The molecule has 3 N–H and O–H groups in total. The molecule has 0 aliphatic carbocycles. The standard InChI is InChI=1S/C15H12N6O/c16-14-18-12(9-5-7-17-8-6-9)21-11-4-2-1-3-10(11)13(22)19-15(21)20-14/h1-8,12H,(H3,16,18,19,20,22)/t12-/m1/s1. The summed E-state index contributed by atoms with van der Waals surface area (Å²) in [4.78, 5) is 24.7. The minimum Gasteiger partial charge on any atom is -0.370 e. The Labute approximate surface area is 125 Å². The molecule has 7 nitrogen and oxygen atoms in total. The molecule has 3 heterocycles. The Morgan fingerprint density at radius 1 is 1.14 bits per heavy atom. The number of benzene rings is 1. The van der Waals surface area contributed by atoms with E-state index in [1.807, 2.05) is 34.9 Å². The number of nitrogens with one attached hydrogen (secondary N) is 1. The molecule has 0 amide bonds. The van der Waals surface area contributed by atoms with Gasteiger partial charge in [-0.3, -0.25) is 19.7 Å².